The topological polar surface area (TPSA) is 71.5 Å². The summed E-state index contributed by atoms with van der Waals surface area (Å²) in [5.74, 6) is 0.445. The van der Waals surface area contributed by atoms with E-state index in [0.29, 0.717) is 30.1 Å². The van der Waals surface area contributed by atoms with Crippen LogP contribution in [0, 0.1) is 6.92 Å². The zero-order chi connectivity index (χ0) is 18.5. The lowest BCUT2D eigenvalue weighted by atomic mass is 10.1. The Kier molecular flexibility index (Phi) is 5.68. The first-order valence-corrected chi connectivity index (χ1v) is 9.34. The SMILES string of the molecule is COc1ccc(NC(=O)/C=C/c2csc(C)n2)cc1N1CCCCC1=O. The van der Waals surface area contributed by atoms with Crippen molar-refractivity contribution >= 4 is 40.6 Å². The van der Waals surface area contributed by atoms with Crippen molar-refractivity contribution in [3.8, 4) is 5.75 Å². The van der Waals surface area contributed by atoms with E-state index in [0.717, 1.165) is 23.5 Å². The molecule has 1 N–H and O–H groups in total. The van der Waals surface area contributed by atoms with Crippen LogP contribution in [0.15, 0.2) is 29.7 Å². The Morgan fingerprint density at radius 2 is 2.23 bits per heavy atom. The van der Waals surface area contributed by atoms with Crippen LogP contribution in [0.25, 0.3) is 6.08 Å². The molecule has 3 rings (SSSR count). The molecule has 0 aliphatic carbocycles. The standard InChI is InChI=1S/C19H21N3O3S/c1-13-20-15(12-26-13)7-9-18(23)21-14-6-8-17(25-2)16(11-14)22-10-4-3-5-19(22)24/h6-9,11-12H,3-5,10H2,1-2H3,(H,21,23)/b9-7+. The molecule has 26 heavy (non-hydrogen) atoms. The molecule has 2 aromatic rings. The fourth-order valence-electron chi connectivity index (χ4n) is 2.84. The summed E-state index contributed by atoms with van der Waals surface area (Å²) in [7, 11) is 1.57. The number of benzene rings is 1. The number of anilines is 2. The van der Waals surface area contributed by atoms with E-state index in [1.165, 1.54) is 17.4 Å². The van der Waals surface area contributed by atoms with Crippen LogP contribution in [0.5, 0.6) is 5.75 Å². The molecule has 0 saturated carbocycles. The average molecular weight is 371 g/mol. The number of nitrogens with zero attached hydrogens (tertiary/aromatic N) is 2. The lowest BCUT2D eigenvalue weighted by Gasteiger charge is -2.28. The molecule has 2 amide bonds. The highest BCUT2D eigenvalue weighted by molar-refractivity contribution is 7.09. The number of hydrogen-bond donors (Lipinski definition) is 1. The largest absolute Gasteiger partial charge is 0.495 e. The van der Waals surface area contributed by atoms with Gasteiger partial charge in [0.05, 0.1) is 23.5 Å². The third-order valence-electron chi connectivity index (χ3n) is 4.10. The number of carbonyl (C=O) groups excluding carboxylic acids is 2. The number of aromatic nitrogens is 1. The maximum absolute atomic E-state index is 12.2. The molecular weight excluding hydrogens is 350 g/mol. The molecule has 1 fully saturated rings. The minimum atomic E-state index is -0.253. The molecule has 0 spiro atoms. The summed E-state index contributed by atoms with van der Waals surface area (Å²) in [5.41, 5.74) is 2.06. The zero-order valence-corrected chi connectivity index (χ0v) is 15.6. The van der Waals surface area contributed by atoms with Gasteiger partial charge in [0.15, 0.2) is 0 Å². The van der Waals surface area contributed by atoms with Crippen molar-refractivity contribution in [1.82, 2.24) is 4.98 Å². The number of carbonyl (C=O) groups is 2. The van der Waals surface area contributed by atoms with E-state index in [-0.39, 0.29) is 11.8 Å². The number of aryl methyl sites for hydroxylation is 1. The van der Waals surface area contributed by atoms with E-state index >= 15 is 0 Å². The average Bonchev–Trinajstić information content (AvgIpc) is 3.06. The second kappa shape index (κ2) is 8.14. The highest BCUT2D eigenvalue weighted by Gasteiger charge is 2.23. The van der Waals surface area contributed by atoms with Gasteiger partial charge in [0, 0.05) is 30.1 Å². The van der Waals surface area contributed by atoms with Gasteiger partial charge in [0.2, 0.25) is 11.8 Å². The Labute approximate surface area is 156 Å². The number of thiazole rings is 1. The normalized spacial score (nSPS) is 14.7. The quantitative estimate of drug-likeness (QED) is 0.815. The maximum Gasteiger partial charge on any atom is 0.248 e. The smallest absolute Gasteiger partial charge is 0.248 e. The predicted molar refractivity (Wildman–Crippen MR) is 104 cm³/mol. The summed E-state index contributed by atoms with van der Waals surface area (Å²) in [6.07, 6.45) is 5.54. The highest BCUT2D eigenvalue weighted by Crippen LogP contribution is 2.33. The van der Waals surface area contributed by atoms with Crippen molar-refractivity contribution < 1.29 is 14.3 Å². The lowest BCUT2D eigenvalue weighted by molar-refractivity contribution is -0.119. The van der Waals surface area contributed by atoms with Crippen molar-refractivity contribution in [3.63, 3.8) is 0 Å². The summed E-state index contributed by atoms with van der Waals surface area (Å²) in [5, 5.41) is 5.67. The molecule has 6 nitrogen and oxygen atoms in total. The Bertz CT molecular complexity index is 844. The number of rotatable bonds is 5. The van der Waals surface area contributed by atoms with Crippen molar-refractivity contribution in [1.29, 1.82) is 0 Å². The summed E-state index contributed by atoms with van der Waals surface area (Å²) < 4.78 is 5.39. The van der Waals surface area contributed by atoms with Crippen LogP contribution in [-0.2, 0) is 9.59 Å². The predicted octanol–water partition coefficient (Wildman–Crippen LogP) is 3.63. The van der Waals surface area contributed by atoms with E-state index in [1.807, 2.05) is 12.3 Å². The molecule has 0 radical (unpaired) electrons. The summed E-state index contributed by atoms with van der Waals surface area (Å²) >= 11 is 1.54. The molecule has 1 aromatic heterocycles. The second-order valence-electron chi connectivity index (χ2n) is 6.00. The molecule has 7 heteroatoms. The van der Waals surface area contributed by atoms with Gasteiger partial charge in [-0.05, 0) is 44.0 Å². The van der Waals surface area contributed by atoms with Crippen LogP contribution >= 0.6 is 11.3 Å². The minimum absolute atomic E-state index is 0.0804. The number of amides is 2. The number of nitrogens with one attached hydrogen (secondary N) is 1. The number of methoxy groups -OCH3 is 1. The van der Waals surface area contributed by atoms with Gasteiger partial charge < -0.3 is 15.0 Å². The van der Waals surface area contributed by atoms with Gasteiger partial charge >= 0.3 is 0 Å². The molecule has 1 saturated heterocycles. The van der Waals surface area contributed by atoms with E-state index in [4.69, 9.17) is 4.74 Å². The van der Waals surface area contributed by atoms with Crippen LogP contribution in [0.4, 0.5) is 11.4 Å². The zero-order valence-electron chi connectivity index (χ0n) is 14.8. The van der Waals surface area contributed by atoms with Gasteiger partial charge in [-0.15, -0.1) is 11.3 Å². The van der Waals surface area contributed by atoms with Crippen molar-refractivity contribution in [2.45, 2.75) is 26.2 Å². The first kappa shape index (κ1) is 18.1. The Hall–Kier alpha value is -2.67. The highest BCUT2D eigenvalue weighted by atomic mass is 32.1. The van der Waals surface area contributed by atoms with Crippen molar-refractivity contribution in [3.05, 3.63) is 40.4 Å². The van der Waals surface area contributed by atoms with Crippen molar-refractivity contribution in [2.75, 3.05) is 23.9 Å². The molecule has 0 unspecified atom stereocenters. The minimum Gasteiger partial charge on any atom is -0.495 e. The summed E-state index contributed by atoms with van der Waals surface area (Å²) in [6.45, 7) is 2.58. The third kappa shape index (κ3) is 4.29. The first-order chi connectivity index (χ1) is 12.6. The molecule has 1 aromatic carbocycles. The van der Waals surface area contributed by atoms with Crippen LogP contribution in [0.3, 0.4) is 0 Å². The van der Waals surface area contributed by atoms with Gasteiger partial charge in [-0.1, -0.05) is 0 Å². The Balaban J connectivity index is 1.75. The van der Waals surface area contributed by atoms with Crippen LogP contribution in [-0.4, -0.2) is 30.5 Å². The van der Waals surface area contributed by atoms with Crippen LogP contribution in [0.1, 0.15) is 30.0 Å². The molecule has 0 atom stereocenters. The number of ether oxygens (including phenoxy) is 1. The molecule has 2 heterocycles. The van der Waals surface area contributed by atoms with Gasteiger partial charge in [-0.2, -0.15) is 0 Å². The monoisotopic (exact) mass is 371 g/mol. The molecule has 1 aliphatic heterocycles. The van der Waals surface area contributed by atoms with Crippen molar-refractivity contribution in [2.24, 2.45) is 0 Å². The molecule has 136 valence electrons. The molecule has 0 bridgehead atoms. The van der Waals surface area contributed by atoms with Crippen LogP contribution in [0.2, 0.25) is 0 Å². The van der Waals surface area contributed by atoms with E-state index in [1.54, 1.807) is 36.3 Å². The Morgan fingerprint density at radius 1 is 1.38 bits per heavy atom. The number of piperidine rings is 1. The summed E-state index contributed by atoms with van der Waals surface area (Å²) in [6, 6.07) is 5.30. The molecule has 1 aliphatic rings. The van der Waals surface area contributed by atoms with Crippen LogP contribution < -0.4 is 15.0 Å². The lowest BCUT2D eigenvalue weighted by Crippen LogP contribution is -2.35. The fourth-order valence-corrected chi connectivity index (χ4v) is 3.42. The Morgan fingerprint density at radius 3 is 2.92 bits per heavy atom. The molecular formula is C19H21N3O3S. The van der Waals surface area contributed by atoms with Gasteiger partial charge in [-0.25, -0.2) is 4.98 Å². The van der Waals surface area contributed by atoms with Gasteiger partial charge in [-0.3, -0.25) is 9.59 Å². The van der Waals surface area contributed by atoms with E-state index in [9.17, 15) is 9.59 Å². The van der Waals surface area contributed by atoms with E-state index < -0.39 is 0 Å². The first-order valence-electron chi connectivity index (χ1n) is 8.46. The van der Waals surface area contributed by atoms with Gasteiger partial charge in [0.25, 0.3) is 0 Å². The fraction of sp³-hybridized carbons (Fsp3) is 0.316. The van der Waals surface area contributed by atoms with E-state index in [2.05, 4.69) is 10.3 Å². The van der Waals surface area contributed by atoms with Gasteiger partial charge in [0.1, 0.15) is 5.75 Å². The maximum atomic E-state index is 12.2. The third-order valence-corrected chi connectivity index (χ3v) is 4.89. The number of hydrogen-bond acceptors (Lipinski definition) is 5. The second-order valence-corrected chi connectivity index (χ2v) is 7.07. The summed E-state index contributed by atoms with van der Waals surface area (Å²) in [4.78, 5) is 30.4.